The van der Waals surface area contributed by atoms with E-state index >= 15 is 0 Å². The number of unbranched alkanes of at least 4 members (excludes halogenated alkanes) is 1. The molecule has 2 atom stereocenters. The highest BCUT2D eigenvalue weighted by Crippen LogP contribution is 2.12. The van der Waals surface area contributed by atoms with Gasteiger partial charge in [0.15, 0.2) is 12.2 Å². The number of ether oxygens (including phenoxy) is 4. The molecule has 0 saturated heterocycles. The summed E-state index contributed by atoms with van der Waals surface area (Å²) >= 11 is 0. The number of benzene rings is 2. The molecular weight excluding hydrogens is 360 g/mol. The summed E-state index contributed by atoms with van der Waals surface area (Å²) in [4.78, 5) is 23.8. The molecule has 0 spiro atoms. The number of carbonyl (C=O) groups excluding carboxylic acids is 2. The lowest BCUT2D eigenvalue weighted by molar-refractivity contribution is -0.153. The van der Waals surface area contributed by atoms with Gasteiger partial charge in [0.2, 0.25) is 0 Å². The summed E-state index contributed by atoms with van der Waals surface area (Å²) in [5.74, 6) is 0.382. The molecule has 0 bridgehead atoms. The lowest BCUT2D eigenvalue weighted by Crippen LogP contribution is -2.27. The second kappa shape index (κ2) is 11.6. The van der Waals surface area contributed by atoms with E-state index in [4.69, 9.17) is 18.9 Å². The van der Waals surface area contributed by atoms with Crippen molar-refractivity contribution in [2.75, 3.05) is 13.2 Å². The first-order valence-corrected chi connectivity index (χ1v) is 9.33. The van der Waals surface area contributed by atoms with Gasteiger partial charge >= 0.3 is 11.9 Å². The van der Waals surface area contributed by atoms with Crippen molar-refractivity contribution >= 4 is 11.9 Å². The predicted molar refractivity (Wildman–Crippen MR) is 104 cm³/mol. The fourth-order valence-electron chi connectivity index (χ4n) is 2.29. The van der Waals surface area contributed by atoms with Crippen LogP contribution >= 0.6 is 0 Å². The van der Waals surface area contributed by atoms with Gasteiger partial charge in [-0.25, -0.2) is 9.59 Å². The SMILES string of the molecule is CC(Oc1ccccc1)C(=O)OCCCCOC(=O)C(C)Oc1ccccc1. The molecule has 0 N–H and O–H groups in total. The molecule has 6 heteroatoms. The highest BCUT2D eigenvalue weighted by atomic mass is 16.6. The Morgan fingerprint density at radius 3 is 1.39 bits per heavy atom. The zero-order valence-corrected chi connectivity index (χ0v) is 16.2. The van der Waals surface area contributed by atoms with E-state index in [1.807, 2.05) is 36.4 Å². The van der Waals surface area contributed by atoms with Crippen LogP contribution in [0.4, 0.5) is 0 Å². The van der Waals surface area contributed by atoms with Crippen molar-refractivity contribution in [3.63, 3.8) is 0 Å². The van der Waals surface area contributed by atoms with Crippen LogP contribution in [0.5, 0.6) is 11.5 Å². The highest BCUT2D eigenvalue weighted by Gasteiger charge is 2.17. The molecule has 0 fully saturated rings. The molecule has 2 unspecified atom stereocenters. The van der Waals surface area contributed by atoms with Gasteiger partial charge in [-0.15, -0.1) is 0 Å². The van der Waals surface area contributed by atoms with Gasteiger partial charge in [0, 0.05) is 0 Å². The van der Waals surface area contributed by atoms with Crippen LogP contribution < -0.4 is 9.47 Å². The minimum atomic E-state index is -0.684. The molecule has 150 valence electrons. The van der Waals surface area contributed by atoms with E-state index < -0.39 is 24.1 Å². The molecule has 2 aromatic carbocycles. The van der Waals surface area contributed by atoms with E-state index in [1.54, 1.807) is 38.1 Å². The lowest BCUT2D eigenvalue weighted by Gasteiger charge is -2.15. The Balaban J connectivity index is 1.55. The minimum absolute atomic E-state index is 0.245. The van der Waals surface area contributed by atoms with E-state index in [2.05, 4.69) is 0 Å². The summed E-state index contributed by atoms with van der Waals surface area (Å²) in [5.41, 5.74) is 0. The van der Waals surface area contributed by atoms with Gasteiger partial charge in [-0.05, 0) is 51.0 Å². The van der Waals surface area contributed by atoms with E-state index in [0.29, 0.717) is 24.3 Å². The van der Waals surface area contributed by atoms with Gasteiger partial charge < -0.3 is 18.9 Å². The first-order valence-electron chi connectivity index (χ1n) is 9.33. The molecular formula is C22H26O6. The van der Waals surface area contributed by atoms with Crippen LogP contribution in [-0.2, 0) is 19.1 Å². The van der Waals surface area contributed by atoms with Gasteiger partial charge in [0.1, 0.15) is 11.5 Å². The number of carbonyl (C=O) groups is 2. The van der Waals surface area contributed by atoms with E-state index in [1.165, 1.54) is 0 Å². The van der Waals surface area contributed by atoms with Crippen molar-refractivity contribution in [2.24, 2.45) is 0 Å². The van der Waals surface area contributed by atoms with Crippen molar-refractivity contribution in [1.82, 2.24) is 0 Å². The summed E-state index contributed by atoms with van der Waals surface area (Å²) in [6.45, 7) is 3.78. The Kier molecular flexibility index (Phi) is 8.85. The van der Waals surface area contributed by atoms with Crippen molar-refractivity contribution in [2.45, 2.75) is 38.9 Å². The molecule has 0 aliphatic heterocycles. The molecule has 0 saturated carbocycles. The molecule has 6 nitrogen and oxygen atoms in total. The van der Waals surface area contributed by atoms with Crippen molar-refractivity contribution in [3.05, 3.63) is 60.7 Å². The molecule has 0 aliphatic carbocycles. The first kappa shape index (κ1) is 21.3. The summed E-state index contributed by atoms with van der Waals surface area (Å²) in [6, 6.07) is 18.2. The number of esters is 2. The van der Waals surface area contributed by atoms with E-state index in [-0.39, 0.29) is 13.2 Å². The predicted octanol–water partition coefficient (Wildman–Crippen LogP) is 3.79. The zero-order chi connectivity index (χ0) is 20.2. The highest BCUT2D eigenvalue weighted by molar-refractivity contribution is 5.75. The van der Waals surface area contributed by atoms with E-state index in [9.17, 15) is 9.59 Å². The first-order chi connectivity index (χ1) is 13.6. The Labute approximate surface area is 165 Å². The number of hydrogen-bond acceptors (Lipinski definition) is 6. The van der Waals surface area contributed by atoms with Crippen LogP contribution in [0.25, 0.3) is 0 Å². The smallest absolute Gasteiger partial charge is 0.347 e. The van der Waals surface area contributed by atoms with Crippen LogP contribution in [0.15, 0.2) is 60.7 Å². The third kappa shape index (κ3) is 7.70. The Morgan fingerprint density at radius 2 is 1.04 bits per heavy atom. The molecule has 2 aromatic rings. The fraction of sp³-hybridized carbons (Fsp3) is 0.364. The molecule has 2 rings (SSSR count). The van der Waals surface area contributed by atoms with Gasteiger partial charge in [-0.1, -0.05) is 36.4 Å². The third-order valence-corrected chi connectivity index (χ3v) is 3.80. The molecule has 0 heterocycles. The van der Waals surface area contributed by atoms with Crippen molar-refractivity contribution < 1.29 is 28.5 Å². The zero-order valence-electron chi connectivity index (χ0n) is 16.2. The largest absolute Gasteiger partial charge is 0.479 e. The summed E-state index contributed by atoms with van der Waals surface area (Å²) in [6.07, 6.45) is -0.192. The van der Waals surface area contributed by atoms with E-state index in [0.717, 1.165) is 0 Å². The summed E-state index contributed by atoms with van der Waals surface area (Å²) < 4.78 is 21.4. The normalized spacial score (nSPS) is 12.5. The molecule has 0 amide bonds. The Hall–Kier alpha value is -3.02. The van der Waals surface area contributed by atoms with Gasteiger partial charge in [0.05, 0.1) is 13.2 Å². The van der Waals surface area contributed by atoms with Crippen molar-refractivity contribution in [1.29, 1.82) is 0 Å². The monoisotopic (exact) mass is 386 g/mol. The third-order valence-electron chi connectivity index (χ3n) is 3.80. The maximum atomic E-state index is 11.9. The van der Waals surface area contributed by atoms with Crippen LogP contribution in [0.1, 0.15) is 26.7 Å². The molecule has 0 radical (unpaired) electrons. The van der Waals surface area contributed by atoms with Crippen LogP contribution in [0, 0.1) is 0 Å². The minimum Gasteiger partial charge on any atom is -0.479 e. The average molecular weight is 386 g/mol. The van der Waals surface area contributed by atoms with Crippen LogP contribution in [0.3, 0.4) is 0 Å². The number of hydrogen-bond donors (Lipinski definition) is 0. The quantitative estimate of drug-likeness (QED) is 0.432. The second-order valence-electron chi connectivity index (χ2n) is 6.19. The number of para-hydroxylation sites is 2. The summed E-state index contributed by atoms with van der Waals surface area (Å²) in [7, 11) is 0. The Morgan fingerprint density at radius 1 is 0.679 bits per heavy atom. The molecule has 0 aliphatic rings. The number of rotatable bonds is 11. The maximum Gasteiger partial charge on any atom is 0.347 e. The maximum absolute atomic E-state index is 11.9. The van der Waals surface area contributed by atoms with Gasteiger partial charge in [-0.3, -0.25) is 0 Å². The second-order valence-corrected chi connectivity index (χ2v) is 6.19. The lowest BCUT2D eigenvalue weighted by atomic mass is 10.3. The average Bonchev–Trinajstić information content (AvgIpc) is 2.71. The topological polar surface area (TPSA) is 71.1 Å². The van der Waals surface area contributed by atoms with Crippen LogP contribution in [-0.4, -0.2) is 37.4 Å². The standard InChI is InChI=1S/C22H26O6/c1-17(27-19-11-5-3-6-12-19)21(23)25-15-9-10-16-26-22(24)18(2)28-20-13-7-4-8-14-20/h3-8,11-14,17-18H,9-10,15-16H2,1-2H3. The van der Waals surface area contributed by atoms with Crippen LogP contribution in [0.2, 0.25) is 0 Å². The Bertz CT molecular complexity index is 653. The molecule has 28 heavy (non-hydrogen) atoms. The fourth-order valence-corrected chi connectivity index (χ4v) is 2.29. The summed E-state index contributed by atoms with van der Waals surface area (Å²) in [5, 5.41) is 0. The molecule has 0 aromatic heterocycles. The van der Waals surface area contributed by atoms with Gasteiger partial charge in [0.25, 0.3) is 0 Å². The van der Waals surface area contributed by atoms with Crippen molar-refractivity contribution in [3.8, 4) is 11.5 Å². The van der Waals surface area contributed by atoms with Gasteiger partial charge in [-0.2, -0.15) is 0 Å².